The zero-order chi connectivity index (χ0) is 13.3. The van der Waals surface area contributed by atoms with Crippen LogP contribution < -0.4 is 5.32 Å². The van der Waals surface area contributed by atoms with E-state index >= 15 is 0 Å². The number of benzene rings is 1. The van der Waals surface area contributed by atoms with E-state index in [4.69, 9.17) is 0 Å². The number of urea groups is 1. The highest BCUT2D eigenvalue weighted by molar-refractivity contribution is 5.90. The zero-order valence-electron chi connectivity index (χ0n) is 11.1. The Kier molecular flexibility index (Phi) is 3.30. The molecule has 2 rings (SSSR count). The van der Waals surface area contributed by atoms with Crippen molar-refractivity contribution in [3.63, 3.8) is 0 Å². The number of nitrogens with one attached hydrogen (secondary N) is 1. The van der Waals surface area contributed by atoms with Gasteiger partial charge in [0.1, 0.15) is 0 Å². The third-order valence-corrected chi connectivity index (χ3v) is 3.69. The van der Waals surface area contributed by atoms with E-state index in [0.717, 1.165) is 11.3 Å². The Bertz CT molecular complexity index is 440. The number of carbonyl (C=O) groups is 1. The molecular weight excluding hydrogens is 228 g/mol. The molecule has 0 radical (unpaired) electrons. The third-order valence-electron chi connectivity index (χ3n) is 3.69. The fourth-order valence-electron chi connectivity index (χ4n) is 2.26. The summed E-state index contributed by atoms with van der Waals surface area (Å²) < 4.78 is 0. The molecule has 0 aromatic heterocycles. The van der Waals surface area contributed by atoms with Gasteiger partial charge in [-0.3, -0.25) is 0 Å². The number of aryl methyl sites for hydroxylation is 1. The molecule has 18 heavy (non-hydrogen) atoms. The van der Waals surface area contributed by atoms with Crippen molar-refractivity contribution in [1.29, 1.82) is 0 Å². The minimum atomic E-state index is -0.505. The number of hydrogen-bond acceptors (Lipinski definition) is 2. The van der Waals surface area contributed by atoms with Crippen molar-refractivity contribution < 1.29 is 9.90 Å². The molecule has 0 bridgehead atoms. The lowest BCUT2D eigenvalue weighted by Gasteiger charge is -2.33. The third kappa shape index (κ3) is 2.34. The number of likely N-dealkylation sites (tertiary alicyclic amines) is 1. The molecule has 4 heteroatoms. The van der Waals surface area contributed by atoms with Gasteiger partial charge in [-0.15, -0.1) is 0 Å². The molecule has 1 aliphatic rings. The molecule has 1 saturated heterocycles. The van der Waals surface area contributed by atoms with E-state index in [1.54, 1.807) is 4.90 Å². The fourth-order valence-corrected chi connectivity index (χ4v) is 2.26. The molecule has 1 aliphatic heterocycles. The van der Waals surface area contributed by atoms with E-state index in [-0.39, 0.29) is 6.03 Å². The van der Waals surface area contributed by atoms with Crippen LogP contribution in [0.1, 0.15) is 25.8 Å². The Morgan fingerprint density at radius 1 is 1.39 bits per heavy atom. The summed E-state index contributed by atoms with van der Waals surface area (Å²) in [6.07, 6.45) is 0.176. The maximum absolute atomic E-state index is 12.2. The molecule has 1 atom stereocenters. The van der Waals surface area contributed by atoms with Crippen molar-refractivity contribution in [2.75, 3.05) is 11.9 Å². The number of aliphatic hydroxyl groups is 1. The summed E-state index contributed by atoms with van der Waals surface area (Å²) in [5.74, 6) is 0. The molecule has 4 nitrogen and oxygen atoms in total. The van der Waals surface area contributed by atoms with E-state index in [0.29, 0.717) is 13.0 Å². The smallest absolute Gasteiger partial charge is 0.322 e. The molecule has 1 aromatic carbocycles. The van der Waals surface area contributed by atoms with Gasteiger partial charge in [0.25, 0.3) is 0 Å². The first-order valence-corrected chi connectivity index (χ1v) is 6.24. The summed E-state index contributed by atoms with van der Waals surface area (Å²) in [7, 11) is 0. The van der Waals surface area contributed by atoms with Gasteiger partial charge in [0.15, 0.2) is 0 Å². The Morgan fingerprint density at radius 3 is 2.50 bits per heavy atom. The Morgan fingerprint density at radius 2 is 2.00 bits per heavy atom. The van der Waals surface area contributed by atoms with Crippen molar-refractivity contribution in [2.45, 2.75) is 38.8 Å². The maximum Gasteiger partial charge on any atom is 0.322 e. The van der Waals surface area contributed by atoms with Gasteiger partial charge >= 0.3 is 6.03 Å². The van der Waals surface area contributed by atoms with Gasteiger partial charge in [0, 0.05) is 12.2 Å². The molecule has 0 spiro atoms. The molecule has 1 aromatic rings. The van der Waals surface area contributed by atoms with Crippen LogP contribution in [0.15, 0.2) is 24.3 Å². The Labute approximate surface area is 108 Å². The average molecular weight is 248 g/mol. The van der Waals surface area contributed by atoms with Gasteiger partial charge < -0.3 is 15.3 Å². The Hall–Kier alpha value is -1.55. The van der Waals surface area contributed by atoms with Crippen molar-refractivity contribution in [2.24, 2.45) is 0 Å². The van der Waals surface area contributed by atoms with E-state index in [1.165, 1.54) is 0 Å². The van der Waals surface area contributed by atoms with Crippen molar-refractivity contribution in [3.8, 4) is 0 Å². The average Bonchev–Trinajstić information content (AvgIpc) is 2.57. The van der Waals surface area contributed by atoms with Crippen LogP contribution in [0.3, 0.4) is 0 Å². The second-order valence-electron chi connectivity index (χ2n) is 5.41. The Balaban J connectivity index is 2.07. The number of rotatable bonds is 1. The van der Waals surface area contributed by atoms with Crippen LogP contribution in [0.25, 0.3) is 0 Å². The summed E-state index contributed by atoms with van der Waals surface area (Å²) in [6, 6.07) is 7.53. The predicted octanol–water partition coefficient (Wildman–Crippen LogP) is 2.37. The quantitative estimate of drug-likeness (QED) is 0.801. The zero-order valence-corrected chi connectivity index (χ0v) is 11.1. The highest BCUT2D eigenvalue weighted by Gasteiger charge is 2.42. The number of amides is 2. The fraction of sp³-hybridized carbons (Fsp3) is 0.500. The van der Waals surface area contributed by atoms with Crippen molar-refractivity contribution in [1.82, 2.24) is 4.90 Å². The van der Waals surface area contributed by atoms with Crippen molar-refractivity contribution in [3.05, 3.63) is 29.8 Å². The summed E-state index contributed by atoms with van der Waals surface area (Å²) in [4.78, 5) is 13.9. The summed E-state index contributed by atoms with van der Waals surface area (Å²) in [5, 5.41) is 12.7. The first kappa shape index (κ1) is 12.9. The monoisotopic (exact) mass is 248 g/mol. The highest BCUT2D eigenvalue weighted by atomic mass is 16.3. The molecule has 2 amide bonds. The van der Waals surface area contributed by atoms with Gasteiger partial charge in [0.05, 0.1) is 11.6 Å². The molecule has 98 valence electrons. The highest BCUT2D eigenvalue weighted by Crippen LogP contribution is 2.29. The second kappa shape index (κ2) is 4.61. The number of carbonyl (C=O) groups excluding carboxylic acids is 1. The van der Waals surface area contributed by atoms with E-state index in [9.17, 15) is 9.90 Å². The molecular formula is C14H20N2O2. The normalized spacial score (nSPS) is 22.0. The minimum Gasteiger partial charge on any atom is -0.391 e. The summed E-state index contributed by atoms with van der Waals surface area (Å²) in [6.45, 7) is 6.37. The minimum absolute atomic E-state index is 0.152. The lowest BCUT2D eigenvalue weighted by molar-refractivity contribution is 0.0733. The van der Waals surface area contributed by atoms with Crippen LogP contribution in [-0.4, -0.2) is 34.2 Å². The predicted molar refractivity (Wildman–Crippen MR) is 71.6 cm³/mol. The summed E-state index contributed by atoms with van der Waals surface area (Å²) in [5.41, 5.74) is 1.43. The van der Waals surface area contributed by atoms with Crippen LogP contribution in [0.5, 0.6) is 0 Å². The topological polar surface area (TPSA) is 52.6 Å². The largest absolute Gasteiger partial charge is 0.391 e. The van der Waals surface area contributed by atoms with Gasteiger partial charge in [-0.2, -0.15) is 0 Å². The number of nitrogens with zero attached hydrogens (tertiary/aromatic N) is 1. The lowest BCUT2D eigenvalue weighted by Crippen LogP contribution is -2.49. The van der Waals surface area contributed by atoms with Crippen LogP contribution in [0.2, 0.25) is 0 Å². The first-order chi connectivity index (χ1) is 8.41. The van der Waals surface area contributed by atoms with E-state index in [1.807, 2.05) is 45.0 Å². The van der Waals surface area contributed by atoms with Gasteiger partial charge in [-0.05, 0) is 39.3 Å². The van der Waals surface area contributed by atoms with E-state index < -0.39 is 11.6 Å². The van der Waals surface area contributed by atoms with Crippen LogP contribution >= 0.6 is 0 Å². The molecule has 1 unspecified atom stereocenters. The molecule has 1 fully saturated rings. The van der Waals surface area contributed by atoms with Gasteiger partial charge in [0.2, 0.25) is 0 Å². The first-order valence-electron chi connectivity index (χ1n) is 6.24. The molecule has 1 heterocycles. The van der Waals surface area contributed by atoms with Crippen LogP contribution in [0, 0.1) is 6.92 Å². The van der Waals surface area contributed by atoms with E-state index in [2.05, 4.69) is 5.32 Å². The second-order valence-corrected chi connectivity index (χ2v) is 5.41. The van der Waals surface area contributed by atoms with Crippen LogP contribution in [0.4, 0.5) is 10.5 Å². The maximum atomic E-state index is 12.2. The van der Waals surface area contributed by atoms with Crippen molar-refractivity contribution >= 4 is 11.7 Å². The number of aliphatic hydroxyl groups excluding tert-OH is 1. The number of hydrogen-bond donors (Lipinski definition) is 2. The molecule has 2 N–H and O–H groups in total. The number of anilines is 1. The summed E-state index contributed by atoms with van der Waals surface area (Å²) >= 11 is 0. The SMILES string of the molecule is Cc1ccc(NC(=O)N2CCC(O)C2(C)C)cc1. The van der Waals surface area contributed by atoms with Gasteiger partial charge in [-0.25, -0.2) is 4.79 Å². The molecule has 0 saturated carbocycles. The van der Waals surface area contributed by atoms with Gasteiger partial charge in [-0.1, -0.05) is 17.7 Å². The standard InChI is InChI=1S/C14H20N2O2/c1-10-4-6-11(7-5-10)15-13(18)16-9-8-12(17)14(16,2)3/h4-7,12,17H,8-9H2,1-3H3,(H,15,18). The molecule has 0 aliphatic carbocycles. The van der Waals surface area contributed by atoms with Crippen LogP contribution in [-0.2, 0) is 0 Å². The lowest BCUT2D eigenvalue weighted by atomic mass is 9.99.